The van der Waals surface area contributed by atoms with E-state index in [2.05, 4.69) is 4.98 Å². The zero-order valence-electron chi connectivity index (χ0n) is 11.4. The third kappa shape index (κ3) is 2.37. The minimum Gasteiger partial charge on any atom is -0.486 e. The molecule has 0 amide bonds. The lowest BCUT2D eigenvalue weighted by atomic mass is 10.1. The summed E-state index contributed by atoms with van der Waals surface area (Å²) in [5.74, 6) is 0.622. The Labute approximate surface area is 120 Å². The van der Waals surface area contributed by atoms with Crippen LogP contribution in [0.2, 0.25) is 0 Å². The summed E-state index contributed by atoms with van der Waals surface area (Å²) in [6.07, 6.45) is 0. The Morgan fingerprint density at radius 1 is 1.38 bits per heavy atom. The number of anilines is 1. The van der Waals surface area contributed by atoms with Gasteiger partial charge in [0.25, 0.3) is 0 Å². The van der Waals surface area contributed by atoms with Gasteiger partial charge in [0, 0.05) is 0 Å². The summed E-state index contributed by atoms with van der Waals surface area (Å²) in [6, 6.07) is 5.33. The topological polar surface area (TPSA) is 96.8 Å². The van der Waals surface area contributed by atoms with Gasteiger partial charge < -0.3 is 24.4 Å². The highest BCUT2D eigenvalue weighted by molar-refractivity contribution is 5.92. The second-order valence-corrected chi connectivity index (χ2v) is 4.28. The Morgan fingerprint density at radius 3 is 3.00 bits per heavy atom. The van der Waals surface area contributed by atoms with Gasteiger partial charge in [0.15, 0.2) is 11.5 Å². The van der Waals surface area contributed by atoms with E-state index in [1.807, 2.05) is 0 Å². The van der Waals surface area contributed by atoms with Gasteiger partial charge in [-0.25, -0.2) is 4.79 Å². The number of ether oxygens (including phenoxy) is 3. The van der Waals surface area contributed by atoms with Gasteiger partial charge in [0.2, 0.25) is 17.5 Å². The van der Waals surface area contributed by atoms with Crippen LogP contribution in [0.25, 0.3) is 11.5 Å². The lowest BCUT2D eigenvalue weighted by molar-refractivity contribution is 0.0521. The van der Waals surface area contributed by atoms with E-state index in [0.29, 0.717) is 30.3 Å². The van der Waals surface area contributed by atoms with E-state index in [-0.39, 0.29) is 24.1 Å². The van der Waals surface area contributed by atoms with Crippen molar-refractivity contribution >= 4 is 11.9 Å². The number of nitrogen functional groups attached to an aromatic ring is 1. The molecule has 0 fully saturated rings. The number of oxazole rings is 1. The van der Waals surface area contributed by atoms with Crippen molar-refractivity contribution in [3.8, 4) is 23.0 Å². The van der Waals surface area contributed by atoms with Crippen molar-refractivity contribution in [2.24, 2.45) is 0 Å². The van der Waals surface area contributed by atoms with E-state index in [0.717, 1.165) is 0 Å². The average Bonchev–Trinajstić information content (AvgIpc) is 2.89. The minimum absolute atomic E-state index is 0.0406. The molecule has 0 radical (unpaired) electrons. The second-order valence-electron chi connectivity index (χ2n) is 4.28. The van der Waals surface area contributed by atoms with Crippen LogP contribution in [0, 0.1) is 0 Å². The summed E-state index contributed by atoms with van der Waals surface area (Å²) in [6.45, 7) is 2.86. The number of rotatable bonds is 3. The molecule has 7 nitrogen and oxygen atoms in total. The van der Waals surface area contributed by atoms with Gasteiger partial charge in [-0.15, -0.1) is 0 Å². The first-order chi connectivity index (χ1) is 10.2. The largest absolute Gasteiger partial charge is 0.486 e. The highest BCUT2D eigenvalue weighted by atomic mass is 16.6. The fraction of sp³-hybridized carbons (Fsp3) is 0.286. The highest BCUT2D eigenvalue weighted by Crippen LogP contribution is 2.40. The summed E-state index contributed by atoms with van der Waals surface area (Å²) in [5.41, 5.74) is 6.22. The van der Waals surface area contributed by atoms with E-state index >= 15 is 0 Å². The Balaban J connectivity index is 2.02. The molecule has 2 N–H and O–H groups in total. The van der Waals surface area contributed by atoms with Crippen molar-refractivity contribution in [3.63, 3.8) is 0 Å². The van der Waals surface area contributed by atoms with Crippen molar-refractivity contribution in [3.05, 3.63) is 23.9 Å². The van der Waals surface area contributed by atoms with Gasteiger partial charge in [-0.3, -0.25) is 0 Å². The molecule has 110 valence electrons. The molecule has 0 bridgehead atoms. The van der Waals surface area contributed by atoms with Crippen molar-refractivity contribution in [1.82, 2.24) is 4.98 Å². The van der Waals surface area contributed by atoms with Gasteiger partial charge in [-0.1, -0.05) is 6.07 Å². The SMILES string of the molecule is CCOC(=O)c1nc(-c2cccc3c2OCCO3)oc1N. The van der Waals surface area contributed by atoms with Gasteiger partial charge >= 0.3 is 5.97 Å². The molecule has 3 rings (SSSR count). The fourth-order valence-corrected chi connectivity index (χ4v) is 2.03. The van der Waals surface area contributed by atoms with Crippen LogP contribution in [0.3, 0.4) is 0 Å². The summed E-state index contributed by atoms with van der Waals surface area (Å²) in [7, 11) is 0. The van der Waals surface area contributed by atoms with Crippen LogP contribution in [0.15, 0.2) is 22.6 Å². The second kappa shape index (κ2) is 5.35. The molecule has 0 saturated carbocycles. The highest BCUT2D eigenvalue weighted by Gasteiger charge is 2.24. The van der Waals surface area contributed by atoms with Crippen LogP contribution in [0.1, 0.15) is 17.4 Å². The standard InChI is InChI=1S/C14H14N2O5/c1-2-18-14(17)10-12(15)21-13(16-10)8-4-3-5-9-11(8)20-7-6-19-9/h3-5H,2,6-7,15H2,1H3. The van der Waals surface area contributed by atoms with Crippen molar-refractivity contribution < 1.29 is 23.4 Å². The number of fused-ring (bicyclic) bond motifs is 1. The fourth-order valence-electron chi connectivity index (χ4n) is 2.03. The molecule has 1 aliphatic heterocycles. The van der Waals surface area contributed by atoms with Crippen LogP contribution in [-0.2, 0) is 4.74 Å². The van der Waals surface area contributed by atoms with Gasteiger partial charge in [-0.05, 0) is 19.1 Å². The van der Waals surface area contributed by atoms with Crippen LogP contribution in [0.4, 0.5) is 5.88 Å². The monoisotopic (exact) mass is 290 g/mol. The van der Waals surface area contributed by atoms with E-state index < -0.39 is 5.97 Å². The first-order valence-electron chi connectivity index (χ1n) is 6.53. The molecule has 0 saturated heterocycles. The van der Waals surface area contributed by atoms with E-state index in [4.69, 9.17) is 24.4 Å². The number of nitrogens with zero attached hydrogens (tertiary/aromatic N) is 1. The smallest absolute Gasteiger partial charge is 0.362 e. The number of benzene rings is 1. The number of carbonyl (C=O) groups is 1. The summed E-state index contributed by atoms with van der Waals surface area (Å²) in [4.78, 5) is 15.8. The van der Waals surface area contributed by atoms with E-state index in [9.17, 15) is 4.79 Å². The Bertz CT molecular complexity index is 680. The predicted octanol–water partition coefficient (Wildman–Crippen LogP) is 1.87. The zero-order chi connectivity index (χ0) is 14.8. The van der Waals surface area contributed by atoms with Crippen LogP contribution in [-0.4, -0.2) is 30.8 Å². The Morgan fingerprint density at radius 2 is 2.19 bits per heavy atom. The molecule has 0 atom stereocenters. The van der Waals surface area contributed by atoms with Gasteiger partial charge in [-0.2, -0.15) is 4.98 Å². The van der Waals surface area contributed by atoms with Crippen LogP contribution < -0.4 is 15.2 Å². The molecule has 0 unspecified atom stereocenters. The Kier molecular flexibility index (Phi) is 3.39. The van der Waals surface area contributed by atoms with E-state index in [1.54, 1.807) is 25.1 Å². The Hall–Kier alpha value is -2.70. The quantitative estimate of drug-likeness (QED) is 0.862. The lowest BCUT2D eigenvalue weighted by Crippen LogP contribution is -2.15. The molecule has 1 aromatic heterocycles. The number of carbonyl (C=O) groups excluding carboxylic acids is 1. The summed E-state index contributed by atoms with van der Waals surface area (Å²) in [5, 5.41) is 0. The third-order valence-electron chi connectivity index (χ3n) is 2.92. The molecular formula is C14H14N2O5. The summed E-state index contributed by atoms with van der Waals surface area (Å²) >= 11 is 0. The van der Waals surface area contributed by atoms with Gasteiger partial charge in [0.05, 0.1) is 12.2 Å². The minimum atomic E-state index is -0.619. The van der Waals surface area contributed by atoms with Crippen molar-refractivity contribution in [2.45, 2.75) is 6.92 Å². The molecule has 7 heteroatoms. The summed E-state index contributed by atoms with van der Waals surface area (Å²) < 4.78 is 21.3. The lowest BCUT2D eigenvalue weighted by Gasteiger charge is -2.19. The normalized spacial score (nSPS) is 13.0. The maximum Gasteiger partial charge on any atom is 0.362 e. The van der Waals surface area contributed by atoms with E-state index in [1.165, 1.54) is 0 Å². The molecule has 1 aromatic carbocycles. The number of esters is 1. The van der Waals surface area contributed by atoms with Crippen molar-refractivity contribution in [2.75, 3.05) is 25.6 Å². The molecule has 1 aliphatic rings. The first kappa shape index (κ1) is 13.3. The molecule has 0 spiro atoms. The molecular weight excluding hydrogens is 276 g/mol. The zero-order valence-corrected chi connectivity index (χ0v) is 11.4. The number of nitrogens with two attached hydrogens (primary N) is 1. The molecule has 2 aromatic rings. The number of para-hydroxylation sites is 1. The van der Waals surface area contributed by atoms with Crippen LogP contribution >= 0.6 is 0 Å². The molecule has 2 heterocycles. The van der Waals surface area contributed by atoms with Gasteiger partial charge in [0.1, 0.15) is 13.2 Å². The first-order valence-corrected chi connectivity index (χ1v) is 6.53. The average molecular weight is 290 g/mol. The van der Waals surface area contributed by atoms with Crippen molar-refractivity contribution in [1.29, 1.82) is 0 Å². The number of hydrogen-bond donors (Lipinski definition) is 1. The maximum atomic E-state index is 11.7. The molecule has 0 aliphatic carbocycles. The molecule has 21 heavy (non-hydrogen) atoms. The van der Waals surface area contributed by atoms with Crippen LogP contribution in [0.5, 0.6) is 11.5 Å². The third-order valence-corrected chi connectivity index (χ3v) is 2.92. The number of hydrogen-bond acceptors (Lipinski definition) is 7. The maximum absolute atomic E-state index is 11.7. The number of aromatic nitrogens is 1. The predicted molar refractivity (Wildman–Crippen MR) is 73.3 cm³/mol.